The van der Waals surface area contributed by atoms with Gasteiger partial charge in [0.05, 0.1) is 0 Å². The molecular weight excluding hydrogens is 220 g/mol. The summed E-state index contributed by atoms with van der Waals surface area (Å²) >= 11 is 0. The average molecular weight is 240 g/mol. The van der Waals surface area contributed by atoms with Crippen molar-refractivity contribution in [3.05, 3.63) is 0 Å². The van der Waals surface area contributed by atoms with E-state index < -0.39 is 6.61 Å². The normalized spacial score (nSPS) is 21.9. The van der Waals surface area contributed by atoms with E-state index in [1.807, 2.05) is 4.90 Å². The number of piperazine rings is 1. The number of amides is 2. The van der Waals surface area contributed by atoms with Gasteiger partial charge in [-0.15, -0.1) is 0 Å². The van der Waals surface area contributed by atoms with E-state index in [-0.39, 0.29) is 17.7 Å². The van der Waals surface area contributed by atoms with E-state index in [9.17, 15) is 9.59 Å². The molecule has 0 radical (unpaired) electrons. The summed E-state index contributed by atoms with van der Waals surface area (Å²) in [6.07, 6.45) is 4.38. The zero-order valence-electron chi connectivity index (χ0n) is 10.1. The van der Waals surface area contributed by atoms with Crippen molar-refractivity contribution in [3.8, 4) is 0 Å². The Kier molecular flexibility index (Phi) is 3.99. The molecule has 2 rings (SSSR count). The summed E-state index contributed by atoms with van der Waals surface area (Å²) in [5, 5.41) is 8.76. The summed E-state index contributed by atoms with van der Waals surface area (Å²) in [4.78, 5) is 26.9. The van der Waals surface area contributed by atoms with Gasteiger partial charge in [0.25, 0.3) is 0 Å². The van der Waals surface area contributed by atoms with Crippen molar-refractivity contribution < 1.29 is 14.7 Å². The molecule has 0 aromatic heterocycles. The van der Waals surface area contributed by atoms with Crippen LogP contribution in [0, 0.1) is 5.92 Å². The highest BCUT2D eigenvalue weighted by molar-refractivity contribution is 5.80. The van der Waals surface area contributed by atoms with E-state index >= 15 is 0 Å². The molecular formula is C12H20N2O3. The van der Waals surface area contributed by atoms with Gasteiger partial charge in [-0.3, -0.25) is 9.59 Å². The highest BCUT2D eigenvalue weighted by Crippen LogP contribution is 2.26. The summed E-state index contributed by atoms with van der Waals surface area (Å²) in [5.74, 6) is 0.242. The average Bonchev–Trinajstić information content (AvgIpc) is 2.91. The minimum atomic E-state index is -0.434. The van der Waals surface area contributed by atoms with Crippen LogP contribution in [-0.4, -0.2) is 59.5 Å². The molecule has 0 aromatic carbocycles. The third kappa shape index (κ3) is 2.77. The lowest BCUT2D eigenvalue weighted by Gasteiger charge is -2.35. The molecule has 96 valence electrons. The van der Waals surface area contributed by atoms with Crippen LogP contribution in [0.25, 0.3) is 0 Å². The van der Waals surface area contributed by atoms with Crippen molar-refractivity contribution in [2.75, 3.05) is 32.8 Å². The van der Waals surface area contributed by atoms with Gasteiger partial charge >= 0.3 is 0 Å². The zero-order valence-corrected chi connectivity index (χ0v) is 10.1. The maximum atomic E-state index is 12.1. The molecule has 0 bridgehead atoms. The Bertz CT molecular complexity index is 292. The smallest absolute Gasteiger partial charge is 0.248 e. The van der Waals surface area contributed by atoms with Crippen LogP contribution in [0.2, 0.25) is 0 Å². The predicted molar refractivity (Wildman–Crippen MR) is 62.2 cm³/mol. The van der Waals surface area contributed by atoms with Crippen LogP contribution < -0.4 is 0 Å². The van der Waals surface area contributed by atoms with Crippen LogP contribution in [0.5, 0.6) is 0 Å². The second-order valence-electron chi connectivity index (χ2n) is 4.85. The van der Waals surface area contributed by atoms with Gasteiger partial charge in [0, 0.05) is 32.1 Å². The predicted octanol–water partition coefficient (Wildman–Crippen LogP) is -0.160. The van der Waals surface area contributed by atoms with E-state index in [4.69, 9.17) is 5.11 Å². The number of hydrogen-bond acceptors (Lipinski definition) is 3. The number of aliphatic hydroxyl groups excluding tert-OH is 1. The molecule has 0 spiro atoms. The summed E-state index contributed by atoms with van der Waals surface area (Å²) in [6, 6.07) is 0. The number of hydrogen-bond donors (Lipinski definition) is 1. The Hall–Kier alpha value is -1.10. The largest absolute Gasteiger partial charge is 0.387 e. The first kappa shape index (κ1) is 12.4. The number of carbonyl (C=O) groups excluding carboxylic acids is 2. The Morgan fingerprint density at radius 3 is 2.06 bits per heavy atom. The molecule has 1 saturated carbocycles. The van der Waals surface area contributed by atoms with Crippen molar-refractivity contribution in [2.45, 2.75) is 25.7 Å². The second kappa shape index (κ2) is 5.49. The molecule has 2 amide bonds. The molecule has 5 nitrogen and oxygen atoms in total. The third-order valence-electron chi connectivity index (χ3n) is 3.78. The molecule has 2 fully saturated rings. The number of aliphatic hydroxyl groups is 1. The maximum absolute atomic E-state index is 12.1. The van der Waals surface area contributed by atoms with Gasteiger partial charge in [-0.25, -0.2) is 0 Å². The van der Waals surface area contributed by atoms with Crippen molar-refractivity contribution in [1.29, 1.82) is 0 Å². The minimum absolute atomic E-state index is 0.218. The minimum Gasteiger partial charge on any atom is -0.387 e. The van der Waals surface area contributed by atoms with Crippen molar-refractivity contribution in [3.63, 3.8) is 0 Å². The standard InChI is InChI=1S/C12H20N2O3/c15-9-11(16)13-5-7-14(8-6-13)12(17)10-3-1-2-4-10/h10,15H,1-9H2. The molecule has 2 aliphatic rings. The lowest BCUT2D eigenvalue weighted by atomic mass is 10.1. The maximum Gasteiger partial charge on any atom is 0.248 e. The molecule has 1 aliphatic carbocycles. The Morgan fingerprint density at radius 1 is 1.00 bits per heavy atom. The van der Waals surface area contributed by atoms with Crippen LogP contribution >= 0.6 is 0 Å². The van der Waals surface area contributed by atoms with Gasteiger partial charge in [0.15, 0.2) is 0 Å². The fourth-order valence-electron chi connectivity index (χ4n) is 2.71. The summed E-state index contributed by atoms with van der Waals surface area (Å²) in [6.45, 7) is 1.90. The lowest BCUT2D eigenvalue weighted by Crippen LogP contribution is -2.52. The quantitative estimate of drug-likeness (QED) is 0.729. The lowest BCUT2D eigenvalue weighted by molar-refractivity contribution is -0.143. The zero-order chi connectivity index (χ0) is 12.3. The van der Waals surface area contributed by atoms with Gasteiger partial charge in [0.2, 0.25) is 11.8 Å². The number of rotatable bonds is 2. The molecule has 1 saturated heterocycles. The van der Waals surface area contributed by atoms with Crippen LogP contribution in [0.3, 0.4) is 0 Å². The Labute approximate surface area is 101 Å². The van der Waals surface area contributed by atoms with E-state index in [1.54, 1.807) is 4.90 Å². The van der Waals surface area contributed by atoms with Crippen LogP contribution in [0.15, 0.2) is 0 Å². The first-order valence-electron chi connectivity index (χ1n) is 6.40. The first-order valence-corrected chi connectivity index (χ1v) is 6.40. The van der Waals surface area contributed by atoms with Crippen molar-refractivity contribution >= 4 is 11.8 Å². The molecule has 1 heterocycles. The third-order valence-corrected chi connectivity index (χ3v) is 3.78. The van der Waals surface area contributed by atoms with E-state index in [1.165, 1.54) is 12.8 Å². The summed E-state index contributed by atoms with van der Waals surface area (Å²) in [7, 11) is 0. The number of nitrogens with zero attached hydrogens (tertiary/aromatic N) is 2. The Morgan fingerprint density at radius 2 is 1.53 bits per heavy atom. The van der Waals surface area contributed by atoms with E-state index in [0.717, 1.165) is 12.8 Å². The van der Waals surface area contributed by atoms with Crippen molar-refractivity contribution in [1.82, 2.24) is 9.80 Å². The number of carbonyl (C=O) groups is 2. The van der Waals surface area contributed by atoms with Gasteiger partial charge in [0.1, 0.15) is 6.61 Å². The first-order chi connectivity index (χ1) is 8.22. The molecule has 5 heteroatoms. The molecule has 0 atom stereocenters. The molecule has 17 heavy (non-hydrogen) atoms. The Balaban J connectivity index is 1.82. The molecule has 0 aromatic rings. The summed E-state index contributed by atoms with van der Waals surface area (Å²) in [5.41, 5.74) is 0. The molecule has 0 unspecified atom stereocenters. The van der Waals surface area contributed by atoms with Crippen LogP contribution in [-0.2, 0) is 9.59 Å². The SMILES string of the molecule is O=C(CO)N1CCN(C(=O)C2CCCC2)CC1. The van der Waals surface area contributed by atoms with Gasteiger partial charge in [-0.2, -0.15) is 0 Å². The fraction of sp³-hybridized carbons (Fsp3) is 0.833. The van der Waals surface area contributed by atoms with Crippen molar-refractivity contribution in [2.24, 2.45) is 5.92 Å². The topological polar surface area (TPSA) is 60.9 Å². The second-order valence-corrected chi connectivity index (χ2v) is 4.85. The molecule has 1 N–H and O–H groups in total. The highest BCUT2D eigenvalue weighted by Gasteiger charge is 2.30. The highest BCUT2D eigenvalue weighted by atomic mass is 16.3. The van der Waals surface area contributed by atoms with Crippen LogP contribution in [0.4, 0.5) is 0 Å². The van der Waals surface area contributed by atoms with Crippen LogP contribution in [0.1, 0.15) is 25.7 Å². The van der Waals surface area contributed by atoms with E-state index in [0.29, 0.717) is 26.2 Å². The fourth-order valence-corrected chi connectivity index (χ4v) is 2.71. The van der Waals surface area contributed by atoms with Gasteiger partial charge in [-0.05, 0) is 12.8 Å². The monoisotopic (exact) mass is 240 g/mol. The van der Waals surface area contributed by atoms with Gasteiger partial charge in [-0.1, -0.05) is 12.8 Å². The molecule has 1 aliphatic heterocycles. The van der Waals surface area contributed by atoms with Gasteiger partial charge < -0.3 is 14.9 Å². The summed E-state index contributed by atoms with van der Waals surface area (Å²) < 4.78 is 0. The van der Waals surface area contributed by atoms with E-state index in [2.05, 4.69) is 0 Å².